The first-order chi connectivity index (χ1) is 13.9. The highest BCUT2D eigenvalue weighted by molar-refractivity contribution is 5.96. The summed E-state index contributed by atoms with van der Waals surface area (Å²) in [6.45, 7) is 1.75. The molecule has 0 unspecified atom stereocenters. The number of fused-ring (bicyclic) bond motifs is 2. The minimum absolute atomic E-state index is 0.0187. The average Bonchev–Trinajstić information content (AvgIpc) is 2.71. The molecular weight excluding hydrogens is 371 g/mol. The van der Waals surface area contributed by atoms with Gasteiger partial charge in [-0.05, 0) is 49.6 Å². The second kappa shape index (κ2) is 9.49. The molecule has 154 valence electrons. The van der Waals surface area contributed by atoms with E-state index in [0.29, 0.717) is 25.9 Å². The molecule has 0 aliphatic carbocycles. The number of pyridine rings is 1. The minimum Gasteiger partial charge on any atom is -0.360 e. The number of carbonyl (C=O) groups is 2. The lowest BCUT2D eigenvalue weighted by Gasteiger charge is -2.27. The van der Waals surface area contributed by atoms with E-state index in [1.807, 2.05) is 25.2 Å². The van der Waals surface area contributed by atoms with Crippen LogP contribution in [0.4, 0.5) is 10.2 Å². The van der Waals surface area contributed by atoms with Gasteiger partial charge in [0, 0.05) is 45.0 Å². The Morgan fingerprint density at radius 2 is 1.76 bits per heavy atom. The van der Waals surface area contributed by atoms with Gasteiger partial charge in [0.1, 0.15) is 18.2 Å². The predicted molar refractivity (Wildman–Crippen MR) is 110 cm³/mol. The van der Waals surface area contributed by atoms with Crippen LogP contribution >= 0.6 is 0 Å². The summed E-state index contributed by atoms with van der Waals surface area (Å²) in [6, 6.07) is 11.5. The van der Waals surface area contributed by atoms with Gasteiger partial charge in [-0.3, -0.25) is 9.59 Å². The van der Waals surface area contributed by atoms with E-state index < -0.39 is 5.82 Å². The first-order valence-electron chi connectivity index (χ1n) is 9.90. The molecule has 0 N–H and O–H groups in total. The number of hydrogen-bond donors (Lipinski definition) is 0. The third kappa shape index (κ3) is 5.53. The summed E-state index contributed by atoms with van der Waals surface area (Å²) in [4.78, 5) is 35.6. The molecule has 1 aromatic carbocycles. The SMILES string of the molecule is CN1CCCN(C)c2cccc(n2)CCCN(C(=O)c2cccc(F)c2)CC1=O. The Morgan fingerprint density at radius 3 is 2.55 bits per heavy atom. The van der Waals surface area contributed by atoms with Crippen LogP contribution < -0.4 is 4.90 Å². The van der Waals surface area contributed by atoms with Crippen molar-refractivity contribution in [1.82, 2.24) is 14.8 Å². The van der Waals surface area contributed by atoms with Crippen molar-refractivity contribution in [2.24, 2.45) is 0 Å². The van der Waals surface area contributed by atoms with E-state index >= 15 is 0 Å². The number of aryl methyl sites for hydroxylation is 1. The van der Waals surface area contributed by atoms with Crippen molar-refractivity contribution in [2.45, 2.75) is 19.3 Å². The molecule has 2 amide bonds. The second-order valence-electron chi connectivity index (χ2n) is 7.42. The lowest BCUT2D eigenvalue weighted by atomic mass is 10.1. The largest absolute Gasteiger partial charge is 0.360 e. The van der Waals surface area contributed by atoms with E-state index in [1.54, 1.807) is 18.0 Å². The Balaban J connectivity index is 1.81. The Kier molecular flexibility index (Phi) is 6.80. The molecule has 0 fully saturated rings. The zero-order chi connectivity index (χ0) is 20.8. The van der Waals surface area contributed by atoms with Crippen molar-refractivity contribution in [3.8, 4) is 0 Å². The fraction of sp³-hybridized carbons (Fsp3) is 0.409. The fourth-order valence-electron chi connectivity index (χ4n) is 3.39. The number of likely N-dealkylation sites (N-methyl/N-ethyl adjacent to an activating group) is 1. The molecule has 0 saturated heterocycles. The normalized spacial score (nSPS) is 16.5. The highest BCUT2D eigenvalue weighted by Crippen LogP contribution is 2.14. The van der Waals surface area contributed by atoms with Gasteiger partial charge in [-0.1, -0.05) is 12.1 Å². The summed E-state index contributed by atoms with van der Waals surface area (Å²) in [7, 11) is 3.75. The van der Waals surface area contributed by atoms with E-state index in [1.165, 1.54) is 23.1 Å². The molecule has 0 saturated carbocycles. The van der Waals surface area contributed by atoms with Crippen LogP contribution in [0, 0.1) is 5.82 Å². The van der Waals surface area contributed by atoms with Crippen LogP contribution in [-0.4, -0.2) is 66.9 Å². The van der Waals surface area contributed by atoms with Gasteiger partial charge in [0.25, 0.3) is 5.91 Å². The number of amides is 2. The third-order valence-electron chi connectivity index (χ3n) is 5.14. The van der Waals surface area contributed by atoms with Crippen LogP contribution in [0.3, 0.4) is 0 Å². The van der Waals surface area contributed by atoms with Crippen LogP contribution in [0.15, 0.2) is 42.5 Å². The van der Waals surface area contributed by atoms with Gasteiger partial charge in [-0.15, -0.1) is 0 Å². The van der Waals surface area contributed by atoms with Crippen LogP contribution in [0.1, 0.15) is 28.9 Å². The van der Waals surface area contributed by atoms with Gasteiger partial charge in [-0.2, -0.15) is 0 Å². The zero-order valence-corrected chi connectivity index (χ0v) is 17.0. The molecule has 0 atom stereocenters. The Hall–Kier alpha value is -2.96. The van der Waals surface area contributed by atoms with E-state index in [9.17, 15) is 14.0 Å². The molecule has 1 aliphatic rings. The maximum atomic E-state index is 13.6. The first-order valence-corrected chi connectivity index (χ1v) is 9.90. The molecule has 29 heavy (non-hydrogen) atoms. The van der Waals surface area contributed by atoms with Crippen molar-refractivity contribution in [1.29, 1.82) is 0 Å². The molecule has 2 aromatic rings. The number of aromatic nitrogens is 1. The molecule has 1 aromatic heterocycles. The van der Waals surface area contributed by atoms with Crippen molar-refractivity contribution in [2.75, 3.05) is 45.2 Å². The van der Waals surface area contributed by atoms with Gasteiger partial charge < -0.3 is 14.7 Å². The van der Waals surface area contributed by atoms with E-state index in [-0.39, 0.29) is 23.9 Å². The first kappa shape index (κ1) is 20.8. The van der Waals surface area contributed by atoms with Crippen molar-refractivity contribution >= 4 is 17.6 Å². The molecule has 6 nitrogen and oxygen atoms in total. The number of halogens is 1. The summed E-state index contributed by atoms with van der Waals surface area (Å²) in [5, 5.41) is 0. The molecule has 3 rings (SSSR count). The van der Waals surface area contributed by atoms with E-state index in [2.05, 4.69) is 4.90 Å². The summed E-state index contributed by atoms with van der Waals surface area (Å²) < 4.78 is 13.6. The predicted octanol–water partition coefficient (Wildman–Crippen LogP) is 2.59. The van der Waals surface area contributed by atoms with Gasteiger partial charge >= 0.3 is 0 Å². The van der Waals surface area contributed by atoms with Crippen LogP contribution in [0.5, 0.6) is 0 Å². The summed E-state index contributed by atoms with van der Waals surface area (Å²) in [5.74, 6) is -0.0151. The lowest BCUT2D eigenvalue weighted by molar-refractivity contribution is -0.130. The molecular formula is C22H27FN4O2. The monoisotopic (exact) mass is 398 g/mol. The maximum absolute atomic E-state index is 13.6. The third-order valence-corrected chi connectivity index (χ3v) is 5.14. The highest BCUT2D eigenvalue weighted by Gasteiger charge is 2.21. The fourth-order valence-corrected chi connectivity index (χ4v) is 3.39. The highest BCUT2D eigenvalue weighted by atomic mass is 19.1. The van der Waals surface area contributed by atoms with Crippen molar-refractivity contribution in [3.63, 3.8) is 0 Å². The molecule has 0 radical (unpaired) electrons. The Labute approximate surface area is 170 Å². The molecule has 7 heteroatoms. The molecule has 0 spiro atoms. The molecule has 1 aliphatic heterocycles. The Morgan fingerprint density at radius 1 is 1.00 bits per heavy atom. The lowest BCUT2D eigenvalue weighted by Crippen LogP contribution is -2.42. The summed E-state index contributed by atoms with van der Waals surface area (Å²) in [6.07, 6.45) is 2.15. The minimum atomic E-state index is -0.466. The molecule has 2 bridgehead atoms. The second-order valence-corrected chi connectivity index (χ2v) is 7.42. The van der Waals surface area contributed by atoms with Crippen LogP contribution in [0.25, 0.3) is 0 Å². The average molecular weight is 398 g/mol. The van der Waals surface area contributed by atoms with Gasteiger partial charge in [0.2, 0.25) is 5.91 Å². The standard InChI is InChI=1S/C22H27FN4O2/c1-25-12-6-13-26(2)21(28)16-27(22(29)17-7-3-8-18(23)15-17)14-5-10-19-9-4-11-20(25)24-19/h3-4,7-9,11,15H,5-6,10,12-14,16H2,1-2H3. The van der Waals surface area contributed by atoms with Crippen LogP contribution in [-0.2, 0) is 11.2 Å². The zero-order valence-electron chi connectivity index (χ0n) is 17.0. The van der Waals surface area contributed by atoms with Crippen molar-refractivity contribution in [3.05, 3.63) is 59.5 Å². The number of rotatable bonds is 1. The van der Waals surface area contributed by atoms with Crippen LogP contribution in [0.2, 0.25) is 0 Å². The number of carbonyl (C=O) groups excluding carboxylic acids is 2. The van der Waals surface area contributed by atoms with E-state index in [0.717, 1.165) is 24.5 Å². The Bertz CT molecular complexity index is 873. The summed E-state index contributed by atoms with van der Waals surface area (Å²) >= 11 is 0. The molecule has 2 heterocycles. The van der Waals surface area contributed by atoms with Crippen molar-refractivity contribution < 1.29 is 14.0 Å². The quantitative estimate of drug-likeness (QED) is 0.741. The summed E-state index contributed by atoms with van der Waals surface area (Å²) in [5.41, 5.74) is 1.20. The van der Waals surface area contributed by atoms with E-state index in [4.69, 9.17) is 4.98 Å². The number of hydrogen-bond acceptors (Lipinski definition) is 4. The smallest absolute Gasteiger partial charge is 0.254 e. The van der Waals surface area contributed by atoms with Gasteiger partial charge in [-0.25, -0.2) is 9.37 Å². The number of anilines is 1. The van der Waals surface area contributed by atoms with Gasteiger partial charge in [0.05, 0.1) is 0 Å². The number of benzene rings is 1. The number of nitrogens with zero attached hydrogens (tertiary/aromatic N) is 4. The topological polar surface area (TPSA) is 56.8 Å². The maximum Gasteiger partial charge on any atom is 0.254 e. The van der Waals surface area contributed by atoms with Gasteiger partial charge in [0.15, 0.2) is 0 Å².